The van der Waals surface area contributed by atoms with Crippen LogP contribution in [0.3, 0.4) is 0 Å². The van der Waals surface area contributed by atoms with Gasteiger partial charge in [0.15, 0.2) is 5.58 Å². The van der Waals surface area contributed by atoms with Crippen LogP contribution in [0.1, 0.15) is 19.5 Å². The molecule has 0 fully saturated rings. The lowest BCUT2D eigenvalue weighted by Gasteiger charge is -2.06. The van der Waals surface area contributed by atoms with Crippen molar-refractivity contribution in [2.45, 2.75) is 13.8 Å². The summed E-state index contributed by atoms with van der Waals surface area (Å²) in [5, 5.41) is 2.45. The highest BCUT2D eigenvalue weighted by atomic mass is 16.3. The van der Waals surface area contributed by atoms with Gasteiger partial charge >= 0.3 is 0 Å². The highest BCUT2D eigenvalue weighted by Crippen LogP contribution is 2.33. The molecular weight excluding hydrogens is 320 g/mol. The zero-order valence-corrected chi connectivity index (χ0v) is 14.8. The van der Waals surface area contributed by atoms with Gasteiger partial charge in [0.25, 0.3) is 0 Å². The highest BCUT2D eigenvalue weighted by Gasteiger charge is 2.18. The molecule has 1 aliphatic rings. The summed E-state index contributed by atoms with van der Waals surface area (Å²) >= 11 is 0. The summed E-state index contributed by atoms with van der Waals surface area (Å²) in [4.78, 5) is 9.48. The molecule has 3 heteroatoms. The van der Waals surface area contributed by atoms with Gasteiger partial charge in [-0.25, -0.2) is 4.98 Å². The van der Waals surface area contributed by atoms with Crippen LogP contribution in [-0.2, 0) is 0 Å². The number of pyridine rings is 1. The zero-order valence-electron chi connectivity index (χ0n) is 14.8. The minimum atomic E-state index is 0.768. The maximum atomic E-state index is 5.78. The van der Waals surface area contributed by atoms with Gasteiger partial charge in [0.1, 0.15) is 11.8 Å². The van der Waals surface area contributed by atoms with Gasteiger partial charge in [0, 0.05) is 16.8 Å². The SMILES string of the molecule is CC1=NCC(C)=C1c1ccc2occ(-c3ccc4ccccc4c3)c2n1. The van der Waals surface area contributed by atoms with Crippen LogP contribution in [0.15, 0.2) is 75.8 Å². The third-order valence-electron chi connectivity index (χ3n) is 5.08. The Morgan fingerprint density at radius 3 is 2.58 bits per heavy atom. The van der Waals surface area contributed by atoms with Gasteiger partial charge in [-0.05, 0) is 54.0 Å². The number of benzene rings is 2. The molecule has 26 heavy (non-hydrogen) atoms. The van der Waals surface area contributed by atoms with Gasteiger partial charge in [-0.15, -0.1) is 0 Å². The monoisotopic (exact) mass is 338 g/mol. The molecule has 4 aromatic rings. The molecular formula is C23H18N2O. The molecule has 5 rings (SSSR count). The van der Waals surface area contributed by atoms with E-state index in [9.17, 15) is 0 Å². The Bertz CT molecular complexity index is 1230. The summed E-state index contributed by atoms with van der Waals surface area (Å²) < 4.78 is 5.78. The van der Waals surface area contributed by atoms with E-state index in [1.54, 1.807) is 0 Å². The number of furan rings is 1. The van der Waals surface area contributed by atoms with Crippen molar-refractivity contribution >= 4 is 33.2 Å². The highest BCUT2D eigenvalue weighted by molar-refractivity contribution is 6.24. The molecule has 0 N–H and O–H groups in total. The van der Waals surface area contributed by atoms with E-state index in [0.29, 0.717) is 0 Å². The Morgan fingerprint density at radius 1 is 0.923 bits per heavy atom. The van der Waals surface area contributed by atoms with Crippen molar-refractivity contribution in [3.63, 3.8) is 0 Å². The molecule has 0 radical (unpaired) electrons. The van der Waals surface area contributed by atoms with Crippen LogP contribution in [0.25, 0.3) is 38.6 Å². The van der Waals surface area contributed by atoms with E-state index in [1.165, 1.54) is 16.3 Å². The zero-order chi connectivity index (χ0) is 17.7. The molecule has 0 bridgehead atoms. The fourth-order valence-electron chi connectivity index (χ4n) is 3.72. The number of aromatic nitrogens is 1. The first-order chi connectivity index (χ1) is 12.7. The van der Waals surface area contributed by atoms with Crippen LogP contribution in [0.4, 0.5) is 0 Å². The summed E-state index contributed by atoms with van der Waals surface area (Å²) in [7, 11) is 0. The van der Waals surface area contributed by atoms with E-state index in [1.807, 2.05) is 18.4 Å². The van der Waals surface area contributed by atoms with Crippen molar-refractivity contribution in [1.82, 2.24) is 4.98 Å². The van der Waals surface area contributed by atoms with Crippen LogP contribution >= 0.6 is 0 Å². The fourth-order valence-corrected chi connectivity index (χ4v) is 3.72. The molecule has 2 aromatic heterocycles. The van der Waals surface area contributed by atoms with Crippen molar-refractivity contribution in [3.05, 3.63) is 72.1 Å². The predicted molar refractivity (Wildman–Crippen MR) is 108 cm³/mol. The van der Waals surface area contributed by atoms with E-state index < -0.39 is 0 Å². The number of hydrogen-bond acceptors (Lipinski definition) is 3. The van der Waals surface area contributed by atoms with Crippen molar-refractivity contribution in [2.24, 2.45) is 4.99 Å². The molecule has 0 spiro atoms. The molecule has 0 amide bonds. The molecule has 0 saturated carbocycles. The lowest BCUT2D eigenvalue weighted by molar-refractivity contribution is 0.616. The molecule has 0 atom stereocenters. The van der Waals surface area contributed by atoms with Crippen LogP contribution in [0.5, 0.6) is 0 Å². The van der Waals surface area contributed by atoms with Crippen LogP contribution in [0.2, 0.25) is 0 Å². The third kappa shape index (κ3) is 2.28. The van der Waals surface area contributed by atoms with Crippen molar-refractivity contribution in [2.75, 3.05) is 6.54 Å². The van der Waals surface area contributed by atoms with Gasteiger partial charge in [-0.2, -0.15) is 0 Å². The molecule has 3 nitrogen and oxygen atoms in total. The summed E-state index contributed by atoms with van der Waals surface area (Å²) in [5.74, 6) is 0. The second-order valence-corrected chi connectivity index (χ2v) is 6.81. The normalized spacial score (nSPS) is 14.5. The maximum Gasteiger partial charge on any atom is 0.153 e. The first-order valence-corrected chi connectivity index (χ1v) is 8.80. The summed E-state index contributed by atoms with van der Waals surface area (Å²) in [6, 6.07) is 18.9. The molecule has 126 valence electrons. The number of rotatable bonds is 2. The van der Waals surface area contributed by atoms with Crippen LogP contribution in [-0.4, -0.2) is 17.2 Å². The summed E-state index contributed by atoms with van der Waals surface area (Å²) in [6.45, 7) is 4.95. The minimum Gasteiger partial charge on any atom is -0.462 e. The fraction of sp³-hybridized carbons (Fsp3) is 0.130. The number of aliphatic imine (C=N–C) groups is 1. The summed E-state index contributed by atoms with van der Waals surface area (Å²) in [6.07, 6.45) is 1.81. The Balaban J connectivity index is 1.69. The largest absolute Gasteiger partial charge is 0.462 e. The third-order valence-corrected chi connectivity index (χ3v) is 5.08. The van der Waals surface area contributed by atoms with Gasteiger partial charge in [0.05, 0.1) is 12.2 Å². The van der Waals surface area contributed by atoms with Crippen LogP contribution in [0, 0.1) is 0 Å². The number of hydrogen-bond donors (Lipinski definition) is 0. The second kappa shape index (κ2) is 5.67. The van der Waals surface area contributed by atoms with Gasteiger partial charge in [-0.1, -0.05) is 36.4 Å². The standard InChI is InChI=1S/C23H18N2O/c1-14-12-24-15(2)22(14)20-9-10-21-23(25-20)19(13-26-21)18-8-7-16-5-3-4-6-17(16)11-18/h3-11,13H,12H2,1-2H3. The van der Waals surface area contributed by atoms with E-state index in [0.717, 1.165) is 45.8 Å². The predicted octanol–water partition coefficient (Wildman–Crippen LogP) is 5.90. The average Bonchev–Trinajstić information content (AvgIpc) is 3.24. The van der Waals surface area contributed by atoms with E-state index in [4.69, 9.17) is 9.40 Å². The molecule has 0 saturated heterocycles. The Kier molecular flexibility index (Phi) is 3.29. The number of allylic oxidation sites excluding steroid dienone is 1. The topological polar surface area (TPSA) is 38.4 Å². The molecule has 0 unspecified atom stereocenters. The molecule has 1 aliphatic heterocycles. The average molecular weight is 338 g/mol. The van der Waals surface area contributed by atoms with Gasteiger partial charge in [-0.3, -0.25) is 4.99 Å². The van der Waals surface area contributed by atoms with Crippen molar-refractivity contribution in [3.8, 4) is 11.1 Å². The lowest BCUT2D eigenvalue weighted by Crippen LogP contribution is -1.97. The molecule has 2 aromatic carbocycles. The smallest absolute Gasteiger partial charge is 0.153 e. The lowest BCUT2D eigenvalue weighted by atomic mass is 10.0. The van der Waals surface area contributed by atoms with Crippen molar-refractivity contribution < 1.29 is 4.42 Å². The minimum absolute atomic E-state index is 0.768. The Labute approximate surface area is 151 Å². The van der Waals surface area contributed by atoms with Gasteiger partial charge < -0.3 is 4.42 Å². The number of fused-ring (bicyclic) bond motifs is 2. The first kappa shape index (κ1) is 15.1. The van der Waals surface area contributed by atoms with Crippen molar-refractivity contribution in [1.29, 1.82) is 0 Å². The Hall–Kier alpha value is -3.20. The van der Waals surface area contributed by atoms with E-state index in [2.05, 4.69) is 61.3 Å². The van der Waals surface area contributed by atoms with Gasteiger partial charge in [0.2, 0.25) is 0 Å². The Morgan fingerprint density at radius 2 is 1.77 bits per heavy atom. The molecule has 3 heterocycles. The number of nitrogens with zero attached hydrogens (tertiary/aromatic N) is 2. The first-order valence-electron chi connectivity index (χ1n) is 8.80. The van der Waals surface area contributed by atoms with E-state index >= 15 is 0 Å². The summed E-state index contributed by atoms with van der Waals surface area (Å²) in [5.41, 5.74) is 8.32. The van der Waals surface area contributed by atoms with E-state index in [-0.39, 0.29) is 0 Å². The second-order valence-electron chi connectivity index (χ2n) is 6.81. The molecule has 0 aliphatic carbocycles. The quantitative estimate of drug-likeness (QED) is 0.456. The van der Waals surface area contributed by atoms with Crippen LogP contribution < -0.4 is 0 Å². The maximum absolute atomic E-state index is 5.78.